The zero-order valence-electron chi connectivity index (χ0n) is 13.6. The Bertz CT molecular complexity index is 751. The first-order valence-electron chi connectivity index (χ1n) is 7.38. The predicted molar refractivity (Wildman–Crippen MR) is 100 cm³/mol. The Morgan fingerprint density at radius 1 is 1.38 bits per heavy atom. The molecule has 0 aliphatic rings. The van der Waals surface area contributed by atoms with Crippen LogP contribution < -0.4 is 10.6 Å². The molecule has 1 aromatic heterocycles. The largest absolute Gasteiger partial charge is 0.352 e. The molecule has 0 aliphatic carbocycles. The number of aromatic nitrogens is 2. The van der Waals surface area contributed by atoms with E-state index in [1.165, 1.54) is 17.3 Å². The van der Waals surface area contributed by atoms with E-state index in [4.69, 9.17) is 11.6 Å². The molecule has 0 unspecified atom stereocenters. The number of carbonyl (C=O) groups excluding carboxylic acids is 1. The van der Waals surface area contributed by atoms with E-state index >= 15 is 0 Å². The third kappa shape index (κ3) is 5.25. The van der Waals surface area contributed by atoms with Crippen molar-refractivity contribution >= 4 is 40.8 Å². The van der Waals surface area contributed by atoms with Gasteiger partial charge in [-0.25, -0.2) is 9.97 Å². The van der Waals surface area contributed by atoms with Crippen molar-refractivity contribution in [1.29, 1.82) is 0 Å². The van der Waals surface area contributed by atoms with Gasteiger partial charge in [0.1, 0.15) is 11.0 Å². The summed E-state index contributed by atoms with van der Waals surface area (Å²) >= 11 is 7.30. The molecule has 7 heteroatoms. The number of amides is 1. The van der Waals surface area contributed by atoms with Crippen LogP contribution in [0.2, 0.25) is 5.15 Å². The number of nitrogens with one attached hydrogen (secondary N) is 2. The zero-order valence-corrected chi connectivity index (χ0v) is 15.2. The lowest BCUT2D eigenvalue weighted by Gasteiger charge is -2.11. The molecule has 2 rings (SSSR count). The highest BCUT2D eigenvalue weighted by Gasteiger charge is 2.09. The van der Waals surface area contributed by atoms with E-state index in [-0.39, 0.29) is 11.7 Å². The summed E-state index contributed by atoms with van der Waals surface area (Å²) < 4.78 is 0. The summed E-state index contributed by atoms with van der Waals surface area (Å²) in [5, 5.41) is 6.73. The minimum atomic E-state index is -0.104. The summed E-state index contributed by atoms with van der Waals surface area (Å²) in [6.45, 7) is 8.09. The van der Waals surface area contributed by atoms with Crippen molar-refractivity contribution < 1.29 is 4.79 Å². The van der Waals surface area contributed by atoms with Crippen molar-refractivity contribution in [2.75, 3.05) is 17.6 Å². The fourth-order valence-corrected chi connectivity index (χ4v) is 2.84. The number of aryl methyl sites for hydroxylation is 1. The Hall–Kier alpha value is -2.05. The van der Waals surface area contributed by atoms with Crippen LogP contribution >= 0.6 is 23.4 Å². The highest BCUT2D eigenvalue weighted by molar-refractivity contribution is 7.99. The van der Waals surface area contributed by atoms with Crippen LogP contribution in [0.1, 0.15) is 11.1 Å². The van der Waals surface area contributed by atoms with Gasteiger partial charge < -0.3 is 10.6 Å². The van der Waals surface area contributed by atoms with Crippen molar-refractivity contribution in [2.45, 2.75) is 19.0 Å². The van der Waals surface area contributed by atoms with E-state index in [2.05, 4.69) is 40.2 Å². The standard InChI is InChI=1S/C17H19ClN4OS/c1-4-8-19-16(23)10-24-17-21-14(18)9-15(22-17)20-13-7-5-6-11(2)12(13)3/h4-7,9H,1,8,10H2,2-3H3,(H,19,23)(H,20,21,22). The number of hydrogen-bond acceptors (Lipinski definition) is 5. The van der Waals surface area contributed by atoms with Gasteiger partial charge in [-0.1, -0.05) is 41.6 Å². The van der Waals surface area contributed by atoms with E-state index in [0.717, 1.165) is 11.3 Å². The number of halogens is 1. The van der Waals surface area contributed by atoms with Crippen LogP contribution in [0, 0.1) is 13.8 Å². The smallest absolute Gasteiger partial charge is 0.230 e. The quantitative estimate of drug-likeness (QED) is 0.338. The molecule has 0 saturated carbocycles. The molecule has 0 radical (unpaired) electrons. The molecule has 2 aromatic rings. The molecule has 24 heavy (non-hydrogen) atoms. The molecule has 1 heterocycles. The molecule has 1 aromatic carbocycles. The Morgan fingerprint density at radius 2 is 2.17 bits per heavy atom. The molecule has 0 saturated heterocycles. The molecule has 126 valence electrons. The number of thioether (sulfide) groups is 1. The Balaban J connectivity index is 2.09. The summed E-state index contributed by atoms with van der Waals surface area (Å²) in [5.74, 6) is 0.710. The van der Waals surface area contributed by atoms with Crippen LogP contribution in [-0.4, -0.2) is 28.2 Å². The third-order valence-electron chi connectivity index (χ3n) is 3.32. The first kappa shape index (κ1) is 18.3. The second-order valence-corrected chi connectivity index (χ2v) is 6.44. The minimum Gasteiger partial charge on any atom is -0.352 e. The van der Waals surface area contributed by atoms with Crippen LogP contribution in [0.4, 0.5) is 11.5 Å². The average molecular weight is 363 g/mol. The van der Waals surface area contributed by atoms with E-state index in [0.29, 0.717) is 22.7 Å². The van der Waals surface area contributed by atoms with Gasteiger partial charge >= 0.3 is 0 Å². The molecule has 0 fully saturated rings. The van der Waals surface area contributed by atoms with Crippen molar-refractivity contribution in [3.63, 3.8) is 0 Å². The number of anilines is 2. The second-order valence-electron chi connectivity index (χ2n) is 5.11. The van der Waals surface area contributed by atoms with Gasteiger partial charge in [-0.15, -0.1) is 6.58 Å². The second kappa shape index (κ2) is 8.70. The molecule has 0 atom stereocenters. The maximum Gasteiger partial charge on any atom is 0.230 e. The van der Waals surface area contributed by atoms with E-state index in [1.807, 2.05) is 19.1 Å². The fourth-order valence-electron chi connectivity index (χ4n) is 1.92. The van der Waals surface area contributed by atoms with Gasteiger partial charge in [0.25, 0.3) is 0 Å². The number of rotatable bonds is 7. The van der Waals surface area contributed by atoms with Crippen molar-refractivity contribution in [3.05, 3.63) is 53.2 Å². The zero-order chi connectivity index (χ0) is 17.5. The van der Waals surface area contributed by atoms with Gasteiger partial charge in [0.15, 0.2) is 5.16 Å². The van der Waals surface area contributed by atoms with Gasteiger partial charge in [-0.05, 0) is 31.0 Å². The Kier molecular flexibility index (Phi) is 6.63. The van der Waals surface area contributed by atoms with Crippen molar-refractivity contribution in [1.82, 2.24) is 15.3 Å². The van der Waals surface area contributed by atoms with E-state index in [1.54, 1.807) is 12.1 Å². The maximum atomic E-state index is 11.6. The molecule has 5 nitrogen and oxygen atoms in total. The predicted octanol–water partition coefficient (Wildman–Crippen LogP) is 3.88. The van der Waals surface area contributed by atoms with Gasteiger partial charge in [0.05, 0.1) is 5.75 Å². The summed E-state index contributed by atoms with van der Waals surface area (Å²) in [6, 6.07) is 7.67. The molecule has 0 aliphatic heterocycles. The van der Waals surface area contributed by atoms with Crippen molar-refractivity contribution in [3.8, 4) is 0 Å². The van der Waals surface area contributed by atoms with Gasteiger partial charge in [-0.2, -0.15) is 0 Å². The number of hydrogen-bond donors (Lipinski definition) is 2. The Labute approximate surface area is 150 Å². The lowest BCUT2D eigenvalue weighted by molar-refractivity contribution is -0.118. The maximum absolute atomic E-state index is 11.6. The van der Waals surface area contributed by atoms with Crippen LogP contribution in [0.15, 0.2) is 42.1 Å². The normalized spacial score (nSPS) is 10.3. The van der Waals surface area contributed by atoms with E-state index < -0.39 is 0 Å². The molecule has 1 amide bonds. The highest BCUT2D eigenvalue weighted by atomic mass is 35.5. The molecular weight excluding hydrogens is 344 g/mol. The third-order valence-corrected chi connectivity index (χ3v) is 4.36. The van der Waals surface area contributed by atoms with Crippen molar-refractivity contribution in [2.24, 2.45) is 0 Å². The number of nitrogens with zero attached hydrogens (tertiary/aromatic N) is 2. The lowest BCUT2D eigenvalue weighted by atomic mass is 10.1. The summed E-state index contributed by atoms with van der Waals surface area (Å²) in [6.07, 6.45) is 1.63. The SMILES string of the molecule is C=CCNC(=O)CSc1nc(Cl)cc(Nc2cccc(C)c2C)n1. The van der Waals surface area contributed by atoms with Gasteiger partial charge in [0.2, 0.25) is 5.91 Å². The molecule has 2 N–H and O–H groups in total. The van der Waals surface area contributed by atoms with Crippen LogP contribution in [0.25, 0.3) is 0 Å². The van der Waals surface area contributed by atoms with Crippen LogP contribution in [-0.2, 0) is 4.79 Å². The number of carbonyl (C=O) groups is 1. The monoisotopic (exact) mass is 362 g/mol. The molecular formula is C17H19ClN4OS. The summed E-state index contributed by atoms with van der Waals surface area (Å²) in [7, 11) is 0. The average Bonchev–Trinajstić information content (AvgIpc) is 2.55. The van der Waals surface area contributed by atoms with Gasteiger partial charge in [0, 0.05) is 18.3 Å². The number of benzene rings is 1. The topological polar surface area (TPSA) is 66.9 Å². The summed E-state index contributed by atoms with van der Waals surface area (Å²) in [4.78, 5) is 20.2. The first-order chi connectivity index (χ1) is 11.5. The lowest BCUT2D eigenvalue weighted by Crippen LogP contribution is -2.25. The summed E-state index contributed by atoms with van der Waals surface area (Å²) in [5.41, 5.74) is 3.29. The fraction of sp³-hybridized carbons (Fsp3) is 0.235. The first-order valence-corrected chi connectivity index (χ1v) is 8.74. The van der Waals surface area contributed by atoms with Gasteiger partial charge in [-0.3, -0.25) is 4.79 Å². The van der Waals surface area contributed by atoms with E-state index in [9.17, 15) is 4.79 Å². The molecule has 0 bridgehead atoms. The molecule has 0 spiro atoms. The van der Waals surface area contributed by atoms with Crippen LogP contribution in [0.5, 0.6) is 0 Å². The minimum absolute atomic E-state index is 0.104. The van der Waals surface area contributed by atoms with Crippen LogP contribution in [0.3, 0.4) is 0 Å². The Morgan fingerprint density at radius 3 is 2.92 bits per heavy atom. The highest BCUT2D eigenvalue weighted by Crippen LogP contribution is 2.25.